The van der Waals surface area contributed by atoms with Gasteiger partial charge >= 0.3 is 0 Å². The van der Waals surface area contributed by atoms with E-state index >= 15 is 0 Å². The van der Waals surface area contributed by atoms with Gasteiger partial charge in [0.25, 0.3) is 0 Å². The van der Waals surface area contributed by atoms with Crippen molar-refractivity contribution in [3.05, 3.63) is 71.4 Å². The summed E-state index contributed by atoms with van der Waals surface area (Å²) in [7, 11) is 1.65. The predicted octanol–water partition coefficient (Wildman–Crippen LogP) is 4.69. The van der Waals surface area contributed by atoms with Crippen molar-refractivity contribution in [1.29, 1.82) is 0 Å². The van der Waals surface area contributed by atoms with E-state index in [4.69, 9.17) is 4.74 Å². The number of methoxy groups -OCH3 is 1. The third-order valence-electron chi connectivity index (χ3n) is 4.71. The van der Waals surface area contributed by atoms with Gasteiger partial charge in [0.2, 0.25) is 11.0 Å². The number of aromatic nitrogens is 4. The van der Waals surface area contributed by atoms with Crippen LogP contribution in [0.1, 0.15) is 16.8 Å². The molecule has 0 aliphatic heterocycles. The zero-order valence-electron chi connectivity index (χ0n) is 18.5. The number of benzene rings is 2. The highest BCUT2D eigenvalue weighted by Crippen LogP contribution is 2.26. The van der Waals surface area contributed by atoms with Gasteiger partial charge in [-0.1, -0.05) is 52.9 Å². The van der Waals surface area contributed by atoms with Crippen LogP contribution in [0, 0.1) is 13.8 Å². The van der Waals surface area contributed by atoms with Gasteiger partial charge in [0.1, 0.15) is 11.6 Å². The molecule has 0 bridgehead atoms. The first-order chi connectivity index (χ1) is 16.0. The quantitative estimate of drug-likeness (QED) is 0.336. The van der Waals surface area contributed by atoms with E-state index in [1.807, 2.05) is 68.4 Å². The molecule has 33 heavy (non-hydrogen) atoms. The summed E-state index contributed by atoms with van der Waals surface area (Å²) in [6.07, 6.45) is 0. The molecule has 10 heteroatoms. The summed E-state index contributed by atoms with van der Waals surface area (Å²) in [5.41, 5.74) is 4.00. The summed E-state index contributed by atoms with van der Waals surface area (Å²) in [5.74, 6) is 1.56. The number of carbonyl (C=O) groups excluding carboxylic acids is 1. The van der Waals surface area contributed by atoms with E-state index in [1.54, 1.807) is 11.8 Å². The third kappa shape index (κ3) is 6.11. The van der Waals surface area contributed by atoms with Crippen molar-refractivity contribution in [2.75, 3.05) is 23.5 Å². The molecular weight excluding hydrogens is 456 g/mol. The average molecular weight is 481 g/mol. The van der Waals surface area contributed by atoms with Gasteiger partial charge in [0.05, 0.1) is 24.2 Å². The van der Waals surface area contributed by atoms with Crippen LogP contribution >= 0.6 is 23.1 Å². The minimum atomic E-state index is -0.129. The van der Waals surface area contributed by atoms with Gasteiger partial charge in [-0.3, -0.25) is 4.79 Å². The maximum absolute atomic E-state index is 12.6. The zero-order chi connectivity index (χ0) is 23.2. The molecule has 1 amide bonds. The Labute approximate surface area is 200 Å². The van der Waals surface area contributed by atoms with Crippen molar-refractivity contribution in [3.8, 4) is 11.4 Å². The van der Waals surface area contributed by atoms with Crippen LogP contribution in [0.25, 0.3) is 5.69 Å². The number of carbonyl (C=O) groups is 1. The number of nitrogens with one attached hydrogen (secondary N) is 2. The summed E-state index contributed by atoms with van der Waals surface area (Å²) < 4.78 is 7.64. The number of nitrogens with zero attached hydrogens (tertiary/aromatic N) is 4. The first kappa shape index (κ1) is 22.8. The largest absolute Gasteiger partial charge is 0.497 e. The molecule has 2 aromatic carbocycles. The molecule has 0 saturated carbocycles. The highest BCUT2D eigenvalue weighted by atomic mass is 32.2. The molecule has 0 unspecified atom stereocenters. The molecule has 0 spiro atoms. The number of anilines is 2. The fourth-order valence-electron chi connectivity index (χ4n) is 3.04. The van der Waals surface area contributed by atoms with Crippen molar-refractivity contribution in [3.63, 3.8) is 0 Å². The van der Waals surface area contributed by atoms with E-state index in [1.165, 1.54) is 28.7 Å². The van der Waals surface area contributed by atoms with E-state index in [2.05, 4.69) is 25.9 Å². The van der Waals surface area contributed by atoms with Crippen LogP contribution in [0.3, 0.4) is 0 Å². The molecule has 0 radical (unpaired) electrons. The molecule has 0 saturated heterocycles. The molecule has 4 aromatic rings. The minimum absolute atomic E-state index is 0.129. The molecular formula is C23H24N6O2S2. The molecule has 8 nitrogen and oxygen atoms in total. The molecule has 4 rings (SSSR count). The van der Waals surface area contributed by atoms with Crippen LogP contribution in [0.4, 0.5) is 10.9 Å². The van der Waals surface area contributed by atoms with E-state index in [0.717, 1.165) is 27.0 Å². The van der Waals surface area contributed by atoms with E-state index in [0.29, 0.717) is 17.5 Å². The molecule has 0 aliphatic carbocycles. The first-order valence-electron chi connectivity index (χ1n) is 10.3. The van der Waals surface area contributed by atoms with Crippen molar-refractivity contribution >= 4 is 40.0 Å². The minimum Gasteiger partial charge on any atom is -0.497 e. The van der Waals surface area contributed by atoms with Gasteiger partial charge in [-0.25, -0.2) is 4.68 Å². The average Bonchev–Trinajstić information content (AvgIpc) is 3.43. The number of thioether (sulfide) groups is 1. The number of aryl methyl sites for hydroxylation is 2. The summed E-state index contributed by atoms with van der Waals surface area (Å²) in [6.45, 7) is 4.56. The Morgan fingerprint density at radius 3 is 2.58 bits per heavy atom. The Morgan fingerprint density at radius 1 is 1.09 bits per heavy atom. The molecule has 0 aliphatic rings. The zero-order valence-corrected chi connectivity index (χ0v) is 20.2. The maximum Gasteiger partial charge on any atom is 0.235 e. The maximum atomic E-state index is 12.6. The Hall–Kier alpha value is -3.37. The molecule has 0 fully saturated rings. The van der Waals surface area contributed by atoms with Crippen molar-refractivity contribution in [2.24, 2.45) is 0 Å². The van der Waals surface area contributed by atoms with E-state index in [-0.39, 0.29) is 11.7 Å². The fraction of sp³-hybridized carbons (Fsp3) is 0.217. The normalized spacial score (nSPS) is 10.8. The molecule has 170 valence electrons. The number of rotatable bonds is 9. The summed E-state index contributed by atoms with van der Waals surface area (Å²) in [5, 5.41) is 19.7. The lowest BCUT2D eigenvalue weighted by molar-refractivity contribution is -0.113. The molecule has 2 aromatic heterocycles. The summed E-state index contributed by atoms with van der Waals surface area (Å²) in [6, 6.07) is 17.7. The molecule has 2 heterocycles. The van der Waals surface area contributed by atoms with Crippen molar-refractivity contribution < 1.29 is 9.53 Å². The van der Waals surface area contributed by atoms with E-state index < -0.39 is 0 Å². The van der Waals surface area contributed by atoms with Crippen LogP contribution in [0.15, 0.2) is 58.9 Å². The number of hydrogen-bond donors (Lipinski definition) is 2. The van der Waals surface area contributed by atoms with Gasteiger partial charge in [0.15, 0.2) is 4.34 Å². The lowest BCUT2D eigenvalue weighted by Gasteiger charge is -2.08. The second kappa shape index (κ2) is 10.5. The number of hydrogen-bond acceptors (Lipinski definition) is 8. The van der Waals surface area contributed by atoms with Crippen molar-refractivity contribution in [2.45, 2.75) is 24.7 Å². The van der Waals surface area contributed by atoms with E-state index in [9.17, 15) is 4.79 Å². The molecule has 2 N–H and O–H groups in total. The van der Waals surface area contributed by atoms with Crippen LogP contribution < -0.4 is 15.4 Å². The predicted molar refractivity (Wildman–Crippen MR) is 133 cm³/mol. The van der Waals surface area contributed by atoms with Crippen LogP contribution in [0.2, 0.25) is 0 Å². The SMILES string of the molecule is COc1ccc(CNc2nnc(SCC(=O)Nc3cc(C)nn3-c3ccc(C)cc3)s2)cc1. The third-order valence-corrected chi connectivity index (χ3v) is 6.73. The van der Waals surface area contributed by atoms with Crippen LogP contribution in [0.5, 0.6) is 5.75 Å². The van der Waals surface area contributed by atoms with Gasteiger partial charge in [0, 0.05) is 12.6 Å². The standard InChI is InChI=1S/C23H24N6O2S2/c1-15-4-8-18(9-5-15)29-20(12-16(2)28-29)25-21(30)14-32-23-27-26-22(33-23)24-13-17-6-10-19(31-3)11-7-17/h4-12H,13-14H2,1-3H3,(H,24,26)(H,25,30). The Morgan fingerprint density at radius 2 is 1.85 bits per heavy atom. The highest BCUT2D eigenvalue weighted by Gasteiger charge is 2.13. The van der Waals surface area contributed by atoms with Gasteiger partial charge < -0.3 is 15.4 Å². The lowest BCUT2D eigenvalue weighted by Crippen LogP contribution is -2.16. The Balaban J connectivity index is 1.30. The van der Waals surface area contributed by atoms with Crippen molar-refractivity contribution in [1.82, 2.24) is 20.0 Å². The molecule has 0 atom stereocenters. The van der Waals surface area contributed by atoms with Gasteiger partial charge in [-0.15, -0.1) is 10.2 Å². The topological polar surface area (TPSA) is 94.0 Å². The number of ether oxygens (including phenoxy) is 1. The highest BCUT2D eigenvalue weighted by molar-refractivity contribution is 8.01. The second-order valence-electron chi connectivity index (χ2n) is 7.33. The first-order valence-corrected chi connectivity index (χ1v) is 12.1. The summed E-state index contributed by atoms with van der Waals surface area (Å²) >= 11 is 2.77. The monoisotopic (exact) mass is 480 g/mol. The van der Waals surface area contributed by atoms with Crippen LogP contribution in [-0.4, -0.2) is 38.7 Å². The Kier molecular flexibility index (Phi) is 7.26. The number of amides is 1. The Bertz CT molecular complexity index is 1220. The smallest absolute Gasteiger partial charge is 0.235 e. The fourth-order valence-corrected chi connectivity index (χ4v) is 4.59. The van der Waals surface area contributed by atoms with Gasteiger partial charge in [-0.05, 0) is 43.7 Å². The van der Waals surface area contributed by atoms with Crippen LogP contribution in [-0.2, 0) is 11.3 Å². The second-order valence-corrected chi connectivity index (χ2v) is 9.53. The summed E-state index contributed by atoms with van der Waals surface area (Å²) in [4.78, 5) is 12.6. The van der Waals surface area contributed by atoms with Gasteiger partial charge in [-0.2, -0.15) is 5.10 Å². The lowest BCUT2D eigenvalue weighted by atomic mass is 10.2.